The Labute approximate surface area is 143 Å². The van der Waals surface area contributed by atoms with E-state index in [1.54, 1.807) is 23.9 Å². The highest BCUT2D eigenvalue weighted by Gasteiger charge is 2.24. The van der Waals surface area contributed by atoms with E-state index in [0.717, 1.165) is 5.56 Å². The van der Waals surface area contributed by atoms with Crippen LogP contribution in [0.1, 0.15) is 15.9 Å². The van der Waals surface area contributed by atoms with Crippen LogP contribution < -0.4 is 21.2 Å². The van der Waals surface area contributed by atoms with Crippen LogP contribution >= 0.6 is 0 Å². The number of aryl methyl sites for hydroxylation is 1. The Morgan fingerprint density at radius 1 is 1.48 bits per heavy atom. The number of aromatic nitrogens is 3. The molecule has 3 N–H and O–H groups in total. The van der Waals surface area contributed by atoms with E-state index >= 15 is 0 Å². The van der Waals surface area contributed by atoms with Gasteiger partial charge in [-0.1, -0.05) is 11.1 Å². The largest absolute Gasteiger partial charge is 0.381 e. The molecule has 0 unspecified atom stereocenters. The summed E-state index contributed by atoms with van der Waals surface area (Å²) in [6.07, 6.45) is 1.66. The summed E-state index contributed by atoms with van der Waals surface area (Å²) in [5.41, 5.74) is 8.04. The average Bonchev–Trinajstić information content (AvgIpc) is 2.61. The second-order valence-electron chi connectivity index (χ2n) is 5.71. The Kier molecular flexibility index (Phi) is 4.37. The van der Waals surface area contributed by atoms with Crippen molar-refractivity contribution >= 4 is 28.4 Å². The third-order valence-electron chi connectivity index (χ3n) is 4.17. The third kappa shape index (κ3) is 2.70. The molecular formula is C17H20N5O3+. The minimum atomic E-state index is -0.362. The third-order valence-corrected chi connectivity index (χ3v) is 4.17. The van der Waals surface area contributed by atoms with E-state index in [4.69, 9.17) is 10.5 Å². The molecule has 0 radical (unpaired) electrons. The second-order valence-corrected chi connectivity index (χ2v) is 5.71. The number of amides is 1. The van der Waals surface area contributed by atoms with Crippen LogP contribution in [0.2, 0.25) is 0 Å². The summed E-state index contributed by atoms with van der Waals surface area (Å²) in [6, 6.07) is 5.17. The molecule has 0 atom stereocenters. The monoisotopic (exact) mass is 342 g/mol. The van der Waals surface area contributed by atoms with Crippen molar-refractivity contribution in [1.82, 2.24) is 14.7 Å². The summed E-state index contributed by atoms with van der Waals surface area (Å²) in [6.45, 7) is 2.63. The lowest BCUT2D eigenvalue weighted by atomic mass is 10.1. The minimum Gasteiger partial charge on any atom is -0.381 e. The van der Waals surface area contributed by atoms with Crippen molar-refractivity contribution in [1.29, 1.82) is 0 Å². The average molecular weight is 342 g/mol. The van der Waals surface area contributed by atoms with Gasteiger partial charge in [0.1, 0.15) is 10.9 Å². The molecule has 1 amide bonds. The number of carbonyl (C=O) groups is 1. The summed E-state index contributed by atoms with van der Waals surface area (Å²) in [5.74, 6) is -0.118. The van der Waals surface area contributed by atoms with Crippen molar-refractivity contribution in [3.05, 3.63) is 45.9 Å². The Morgan fingerprint density at radius 3 is 2.92 bits per heavy atom. The number of nitrogens with one attached hydrogen (secondary N) is 1. The van der Waals surface area contributed by atoms with Crippen LogP contribution in [0.15, 0.2) is 29.2 Å². The molecule has 3 aromatic heterocycles. The predicted octanol–water partition coefficient (Wildman–Crippen LogP) is 0.0318. The van der Waals surface area contributed by atoms with Crippen LogP contribution in [0, 0.1) is 6.92 Å². The van der Waals surface area contributed by atoms with Gasteiger partial charge in [-0.15, -0.1) is 0 Å². The summed E-state index contributed by atoms with van der Waals surface area (Å²) < 4.78 is 8.25. The highest BCUT2D eigenvalue weighted by atomic mass is 16.5. The van der Waals surface area contributed by atoms with E-state index in [2.05, 4.69) is 10.3 Å². The maximum atomic E-state index is 12.9. The Balaban J connectivity index is 2.48. The van der Waals surface area contributed by atoms with Gasteiger partial charge in [-0.2, -0.15) is 0 Å². The molecule has 0 aliphatic heterocycles. The lowest BCUT2D eigenvalue weighted by molar-refractivity contribution is -0.660. The van der Waals surface area contributed by atoms with Crippen molar-refractivity contribution in [3.8, 4) is 0 Å². The molecule has 0 saturated heterocycles. The first-order valence-electron chi connectivity index (χ1n) is 7.84. The first-order valence-corrected chi connectivity index (χ1v) is 7.84. The first kappa shape index (κ1) is 16.8. The number of nitrogens with two attached hydrogens (primary N) is 1. The first-order chi connectivity index (χ1) is 12.0. The molecule has 0 aliphatic carbocycles. The molecule has 0 aromatic carbocycles. The SMILES string of the molecule is CNC(=O)c1cc2c(=O)n3cccc(C)c3nc2[n+](CCOC)c1N. The van der Waals surface area contributed by atoms with Crippen LogP contribution in [0.4, 0.5) is 5.82 Å². The standard InChI is InChI=1S/C17H19N5O3/c1-10-5-4-6-22-14(10)20-15-12(17(22)24)9-11(16(23)19-2)13(18)21(15)7-8-25-3/h4-6,9,18H,7-8H2,1-3H3,(H,19,23)/p+1. The maximum Gasteiger partial charge on any atom is 0.278 e. The second kappa shape index (κ2) is 6.48. The molecule has 8 heteroatoms. The minimum absolute atomic E-state index is 0.234. The van der Waals surface area contributed by atoms with E-state index in [9.17, 15) is 9.59 Å². The van der Waals surface area contributed by atoms with Crippen LogP contribution in [0.25, 0.3) is 16.7 Å². The molecule has 25 heavy (non-hydrogen) atoms. The van der Waals surface area contributed by atoms with E-state index in [1.165, 1.54) is 17.5 Å². The maximum absolute atomic E-state index is 12.9. The fourth-order valence-corrected chi connectivity index (χ4v) is 2.84. The molecule has 0 aliphatic rings. The molecule has 8 nitrogen and oxygen atoms in total. The van der Waals surface area contributed by atoms with E-state index in [1.807, 2.05) is 13.0 Å². The number of hydrogen-bond acceptors (Lipinski definition) is 5. The summed E-state index contributed by atoms with van der Waals surface area (Å²) in [4.78, 5) is 29.8. The van der Waals surface area contributed by atoms with Crippen LogP contribution in [-0.2, 0) is 11.3 Å². The number of fused-ring (bicyclic) bond motifs is 2. The zero-order valence-corrected chi connectivity index (χ0v) is 14.4. The number of nitrogens with zero attached hydrogens (tertiary/aromatic N) is 3. The fourth-order valence-electron chi connectivity index (χ4n) is 2.84. The van der Waals surface area contributed by atoms with Gasteiger partial charge in [-0.25, -0.2) is 4.57 Å². The van der Waals surface area contributed by atoms with Gasteiger partial charge in [0.2, 0.25) is 11.5 Å². The summed E-state index contributed by atoms with van der Waals surface area (Å²) >= 11 is 0. The molecule has 0 bridgehead atoms. The van der Waals surface area contributed by atoms with E-state index in [-0.39, 0.29) is 22.8 Å². The van der Waals surface area contributed by atoms with Gasteiger partial charge < -0.3 is 15.8 Å². The molecule has 130 valence electrons. The molecule has 0 fully saturated rings. The molecule has 3 aromatic rings. The summed E-state index contributed by atoms with van der Waals surface area (Å²) in [5, 5.41) is 2.87. The number of anilines is 1. The number of carbonyl (C=O) groups excluding carboxylic acids is 1. The molecular weight excluding hydrogens is 322 g/mol. The smallest absolute Gasteiger partial charge is 0.278 e. The highest BCUT2D eigenvalue weighted by molar-refractivity contribution is 6.00. The number of pyridine rings is 2. The number of methoxy groups -OCH3 is 1. The Bertz CT molecular complexity index is 1040. The quantitative estimate of drug-likeness (QED) is 0.514. The summed E-state index contributed by atoms with van der Waals surface area (Å²) in [7, 11) is 3.09. The predicted molar refractivity (Wildman–Crippen MR) is 93.6 cm³/mol. The number of rotatable bonds is 4. The van der Waals surface area contributed by atoms with Crippen molar-refractivity contribution < 1.29 is 14.1 Å². The zero-order valence-electron chi connectivity index (χ0n) is 14.4. The topological polar surface area (TPSA) is 103 Å². The Morgan fingerprint density at radius 2 is 2.24 bits per heavy atom. The molecule has 3 rings (SSSR count). The highest BCUT2D eigenvalue weighted by Crippen LogP contribution is 2.15. The number of nitrogen functional groups attached to an aromatic ring is 1. The van der Waals surface area contributed by atoms with Gasteiger partial charge in [0.25, 0.3) is 17.1 Å². The van der Waals surface area contributed by atoms with Crippen molar-refractivity contribution in [2.75, 3.05) is 26.5 Å². The van der Waals surface area contributed by atoms with Crippen molar-refractivity contribution in [3.63, 3.8) is 0 Å². The van der Waals surface area contributed by atoms with Gasteiger partial charge in [-0.3, -0.25) is 14.0 Å². The van der Waals surface area contributed by atoms with Gasteiger partial charge in [0.05, 0.1) is 13.2 Å². The molecule has 0 spiro atoms. The molecule has 0 saturated carbocycles. The van der Waals surface area contributed by atoms with Gasteiger partial charge in [0, 0.05) is 25.9 Å². The normalized spacial score (nSPS) is 11.2. The molecule has 3 heterocycles. The fraction of sp³-hybridized carbons (Fsp3) is 0.294. The van der Waals surface area contributed by atoms with Crippen molar-refractivity contribution in [2.45, 2.75) is 13.5 Å². The van der Waals surface area contributed by atoms with Crippen LogP contribution in [0.5, 0.6) is 0 Å². The van der Waals surface area contributed by atoms with Gasteiger partial charge in [-0.05, 0) is 19.1 Å². The number of ether oxygens (including phenoxy) is 1. The van der Waals surface area contributed by atoms with E-state index < -0.39 is 0 Å². The number of hydrogen-bond donors (Lipinski definition) is 2. The van der Waals surface area contributed by atoms with Gasteiger partial charge >= 0.3 is 0 Å². The Hall–Kier alpha value is -3.00. The zero-order chi connectivity index (χ0) is 18.1. The van der Waals surface area contributed by atoms with E-state index in [0.29, 0.717) is 29.8 Å². The lowest BCUT2D eigenvalue weighted by Crippen LogP contribution is -2.44. The van der Waals surface area contributed by atoms with Crippen LogP contribution in [-0.4, -0.2) is 36.1 Å². The lowest BCUT2D eigenvalue weighted by Gasteiger charge is -2.11. The van der Waals surface area contributed by atoms with Crippen LogP contribution in [0.3, 0.4) is 0 Å². The van der Waals surface area contributed by atoms with Crippen molar-refractivity contribution in [2.24, 2.45) is 0 Å². The van der Waals surface area contributed by atoms with Gasteiger partial charge in [0.15, 0.2) is 0 Å².